The normalized spacial score (nSPS) is 42.0. The lowest BCUT2D eigenvalue weighted by Gasteiger charge is -2.26. The fraction of sp³-hybridized carbons (Fsp3) is 1.00. The van der Waals surface area contributed by atoms with Gasteiger partial charge in [0.25, 0.3) is 0 Å². The van der Waals surface area contributed by atoms with Gasteiger partial charge in [0.05, 0.1) is 0 Å². The highest BCUT2D eigenvalue weighted by Gasteiger charge is 2.32. The molecule has 0 aromatic carbocycles. The van der Waals surface area contributed by atoms with Crippen LogP contribution >= 0.6 is 22.6 Å². The van der Waals surface area contributed by atoms with Crippen molar-refractivity contribution in [1.82, 2.24) is 10.4 Å². The molecule has 2 atom stereocenters. The molecule has 1 aliphatic heterocycles. The second kappa shape index (κ2) is 3.53. The van der Waals surface area contributed by atoms with Crippen molar-refractivity contribution in [3.8, 4) is 0 Å². The molecular weight excluding hydrogens is 258 g/mol. The van der Waals surface area contributed by atoms with E-state index in [0.717, 1.165) is 11.7 Å². The van der Waals surface area contributed by atoms with Gasteiger partial charge >= 0.3 is 0 Å². The molecule has 0 spiro atoms. The largest absolute Gasteiger partial charge is 0.314 e. The summed E-state index contributed by atoms with van der Waals surface area (Å²) in [4.78, 5) is 0. The quantitative estimate of drug-likeness (QED) is 0.311. The van der Waals surface area contributed by atoms with Crippen LogP contribution in [0.25, 0.3) is 0 Å². The molecule has 0 amide bonds. The van der Waals surface area contributed by atoms with Gasteiger partial charge in [-0.1, -0.05) is 29.5 Å². The van der Waals surface area contributed by atoms with E-state index in [9.17, 15) is 4.48 Å². The lowest BCUT2D eigenvalue weighted by atomic mass is 10.2. The molecule has 0 saturated carbocycles. The maximum atomic E-state index is 13.3. The van der Waals surface area contributed by atoms with E-state index in [1.807, 2.05) is 6.92 Å². The Labute approximate surface area is 80.6 Å². The molecule has 0 aromatic heterocycles. The van der Waals surface area contributed by atoms with Crippen LogP contribution in [0.5, 0.6) is 0 Å². The summed E-state index contributed by atoms with van der Waals surface area (Å²) in [7, 11) is 0. The van der Waals surface area contributed by atoms with Crippen LogP contribution in [0.15, 0.2) is 0 Å². The first-order valence-corrected chi connectivity index (χ1v) is 4.93. The molecule has 0 aliphatic carbocycles. The van der Waals surface area contributed by atoms with Gasteiger partial charge in [0.1, 0.15) is 3.55 Å². The number of rotatable bonds is 0. The Balaban J connectivity index is 2.58. The number of nitrogens with zero attached hydrogens (tertiary/aromatic N) is 1. The predicted octanol–water partition coefficient (Wildman–Crippen LogP) is 1.56. The molecule has 11 heavy (non-hydrogen) atoms. The second-order valence-corrected chi connectivity index (χ2v) is 5.75. The van der Waals surface area contributed by atoms with Crippen molar-refractivity contribution in [2.45, 2.75) is 17.4 Å². The third-order valence-electron chi connectivity index (χ3n) is 1.92. The van der Waals surface area contributed by atoms with Crippen LogP contribution in [0.4, 0.5) is 4.48 Å². The summed E-state index contributed by atoms with van der Waals surface area (Å²) >= 11 is 2.14. The van der Waals surface area contributed by atoms with Gasteiger partial charge in [-0.05, 0) is 19.4 Å². The molecule has 0 aromatic rings. The Bertz CT molecular complexity index is 140. The van der Waals surface area contributed by atoms with Gasteiger partial charge in [0.2, 0.25) is 0 Å². The average molecular weight is 272 g/mol. The third kappa shape index (κ3) is 2.52. The molecule has 1 fully saturated rings. The monoisotopic (exact) mass is 272 g/mol. The fourth-order valence-corrected chi connectivity index (χ4v) is 1.63. The highest BCUT2D eigenvalue weighted by Crippen LogP contribution is 2.25. The summed E-state index contributed by atoms with van der Waals surface area (Å²) in [6.07, 6.45) is 0. The zero-order valence-electron chi connectivity index (χ0n) is 6.90. The summed E-state index contributed by atoms with van der Waals surface area (Å²) in [5, 5.41) is 4.16. The van der Waals surface area contributed by atoms with E-state index < -0.39 is 0 Å². The van der Waals surface area contributed by atoms with Crippen molar-refractivity contribution >= 4 is 22.6 Å². The summed E-state index contributed by atoms with van der Waals surface area (Å²) in [5.74, 6) is 0.400. The van der Waals surface area contributed by atoms with Crippen LogP contribution in [0, 0.1) is 5.92 Å². The zero-order valence-corrected chi connectivity index (χ0v) is 9.06. The Morgan fingerprint density at radius 2 is 2.36 bits per heavy atom. The summed E-state index contributed by atoms with van der Waals surface area (Å²) < 4.78 is 12.9. The molecule has 1 aliphatic rings. The maximum absolute atomic E-state index is 13.3. The number of hydrogen-bond donors (Lipinski definition) is 1. The first kappa shape index (κ1) is 9.67. The highest BCUT2D eigenvalue weighted by molar-refractivity contribution is 14.1. The van der Waals surface area contributed by atoms with Crippen molar-refractivity contribution in [3.63, 3.8) is 0 Å². The zero-order chi connectivity index (χ0) is 8.48. The Hall–Kier alpha value is 0.580. The van der Waals surface area contributed by atoms with Gasteiger partial charge in [-0.3, -0.25) is 0 Å². The van der Waals surface area contributed by atoms with E-state index in [1.165, 1.54) is 0 Å². The van der Waals surface area contributed by atoms with Crippen molar-refractivity contribution in [3.05, 3.63) is 0 Å². The lowest BCUT2D eigenvalue weighted by molar-refractivity contribution is -0.0239. The minimum Gasteiger partial charge on any atom is -0.314 e. The Morgan fingerprint density at radius 3 is 3.00 bits per heavy atom. The minimum absolute atomic E-state index is 0.373. The minimum atomic E-state index is -0.373. The van der Waals surface area contributed by atoms with Crippen molar-refractivity contribution < 1.29 is 4.48 Å². The van der Waals surface area contributed by atoms with E-state index in [4.69, 9.17) is 0 Å². The molecule has 1 heterocycles. The summed E-state index contributed by atoms with van der Waals surface area (Å²) in [5.41, 5.74) is 0. The molecule has 2 unspecified atom stereocenters. The van der Waals surface area contributed by atoms with Crippen LogP contribution < -0.4 is 5.32 Å². The van der Waals surface area contributed by atoms with E-state index >= 15 is 0 Å². The van der Waals surface area contributed by atoms with Crippen molar-refractivity contribution in [2.75, 3.05) is 19.6 Å². The number of alkyl halides is 1. The van der Waals surface area contributed by atoms with Crippen LogP contribution in [-0.4, -0.2) is 28.3 Å². The molecule has 66 valence electrons. The van der Waals surface area contributed by atoms with Gasteiger partial charge in [-0.15, -0.1) is 9.60 Å². The van der Waals surface area contributed by atoms with E-state index in [2.05, 4.69) is 34.8 Å². The Morgan fingerprint density at radius 1 is 1.73 bits per heavy atom. The van der Waals surface area contributed by atoms with Gasteiger partial charge in [-0.2, -0.15) is 0 Å². The number of nitrogens with one attached hydrogen (secondary N) is 1. The maximum Gasteiger partial charge on any atom is 0.112 e. The molecule has 0 bridgehead atoms. The van der Waals surface area contributed by atoms with Crippen LogP contribution in [0.1, 0.15) is 13.8 Å². The van der Waals surface area contributed by atoms with E-state index in [1.54, 1.807) is 0 Å². The van der Waals surface area contributed by atoms with Gasteiger partial charge in [-0.25, -0.2) is 0 Å². The summed E-state index contributed by atoms with van der Waals surface area (Å²) in [6.45, 7) is 6.12. The highest BCUT2D eigenvalue weighted by atomic mass is 127. The molecule has 0 radical (unpaired) electrons. The molecule has 4 heteroatoms. The number of halogens is 2. The SMILES string of the molecule is CC1CNCC(C)(I)N(F)C1. The summed E-state index contributed by atoms with van der Waals surface area (Å²) in [6, 6.07) is 0. The topological polar surface area (TPSA) is 15.3 Å². The Kier molecular flexibility index (Phi) is 3.10. The van der Waals surface area contributed by atoms with Gasteiger partial charge in [0, 0.05) is 13.1 Å². The average Bonchev–Trinajstić information content (AvgIpc) is 1.94. The fourth-order valence-electron chi connectivity index (χ4n) is 1.16. The van der Waals surface area contributed by atoms with E-state index in [0.29, 0.717) is 19.0 Å². The first-order valence-electron chi connectivity index (χ1n) is 3.85. The van der Waals surface area contributed by atoms with E-state index in [-0.39, 0.29) is 3.55 Å². The van der Waals surface area contributed by atoms with Gasteiger partial charge in [0.15, 0.2) is 0 Å². The second-order valence-electron chi connectivity index (χ2n) is 3.42. The standard InChI is InChI=1S/C7H14FIN2/c1-6-3-10-5-7(2,9)11(8)4-6/h6,10H,3-5H2,1-2H3. The molecule has 2 nitrogen and oxygen atoms in total. The smallest absolute Gasteiger partial charge is 0.112 e. The van der Waals surface area contributed by atoms with Crippen molar-refractivity contribution in [2.24, 2.45) is 5.92 Å². The molecule has 1 rings (SSSR count). The third-order valence-corrected chi connectivity index (χ3v) is 2.82. The van der Waals surface area contributed by atoms with Crippen LogP contribution in [0.2, 0.25) is 0 Å². The van der Waals surface area contributed by atoms with Crippen LogP contribution in [0.3, 0.4) is 0 Å². The predicted molar refractivity (Wildman–Crippen MR) is 52.3 cm³/mol. The molecule has 1 saturated heterocycles. The number of hydrogen-bond acceptors (Lipinski definition) is 2. The molecule has 1 N–H and O–H groups in total. The van der Waals surface area contributed by atoms with Crippen molar-refractivity contribution in [1.29, 1.82) is 0 Å². The van der Waals surface area contributed by atoms with Gasteiger partial charge < -0.3 is 5.32 Å². The lowest BCUT2D eigenvalue weighted by Crippen LogP contribution is -2.41. The first-order chi connectivity index (χ1) is 5.02. The van der Waals surface area contributed by atoms with Crippen LogP contribution in [-0.2, 0) is 0 Å². The molecular formula is C7H14FIN2.